The molecule has 1 heterocycles. The molecular formula is C18H21N3O6S3. The van der Waals surface area contributed by atoms with Crippen molar-refractivity contribution in [1.82, 2.24) is 4.72 Å². The molecule has 2 aromatic carbocycles. The highest BCUT2D eigenvalue weighted by molar-refractivity contribution is 7.99. The second kappa shape index (κ2) is 8.84. The molecule has 1 aliphatic rings. The van der Waals surface area contributed by atoms with E-state index in [4.69, 9.17) is 0 Å². The number of rotatable bonds is 7. The highest BCUT2D eigenvalue weighted by Gasteiger charge is 2.22. The van der Waals surface area contributed by atoms with Crippen molar-refractivity contribution in [2.45, 2.75) is 9.79 Å². The van der Waals surface area contributed by atoms with Crippen molar-refractivity contribution in [1.29, 1.82) is 0 Å². The van der Waals surface area contributed by atoms with Crippen LogP contribution in [-0.2, 0) is 20.0 Å². The summed E-state index contributed by atoms with van der Waals surface area (Å²) in [5, 5.41) is 9.61. The second-order valence-electron chi connectivity index (χ2n) is 6.42. The number of benzene rings is 2. The minimum atomic E-state index is -4.14. The Labute approximate surface area is 179 Å². The van der Waals surface area contributed by atoms with E-state index in [-0.39, 0.29) is 21.0 Å². The summed E-state index contributed by atoms with van der Waals surface area (Å²) in [6, 6.07) is 9.23. The lowest BCUT2D eigenvalue weighted by molar-refractivity contribution is 0.0697. The summed E-state index contributed by atoms with van der Waals surface area (Å²) in [7, 11) is -6.73. The number of hydrogen-bond donors (Lipinski definition) is 3. The number of hydrogen-bond acceptors (Lipinski definition) is 7. The van der Waals surface area contributed by atoms with Gasteiger partial charge in [0.05, 0.1) is 21.0 Å². The number of carboxylic acid groups (broad SMARTS) is 1. The number of nitrogens with one attached hydrogen (secondary N) is 2. The van der Waals surface area contributed by atoms with Gasteiger partial charge in [-0.05, 0) is 43.4 Å². The van der Waals surface area contributed by atoms with Crippen molar-refractivity contribution >= 4 is 49.2 Å². The predicted octanol–water partition coefficient (Wildman–Crippen LogP) is 1.65. The fraction of sp³-hybridized carbons (Fsp3) is 0.278. The average Bonchev–Trinajstić information content (AvgIpc) is 2.74. The molecule has 1 aliphatic heterocycles. The van der Waals surface area contributed by atoms with E-state index in [1.165, 1.54) is 37.4 Å². The van der Waals surface area contributed by atoms with Gasteiger partial charge < -0.3 is 10.0 Å². The maximum atomic E-state index is 12.7. The van der Waals surface area contributed by atoms with Crippen LogP contribution < -0.4 is 14.3 Å². The first-order chi connectivity index (χ1) is 14.1. The highest BCUT2D eigenvalue weighted by atomic mass is 32.2. The van der Waals surface area contributed by atoms with Gasteiger partial charge in [-0.15, -0.1) is 0 Å². The highest BCUT2D eigenvalue weighted by Crippen LogP contribution is 2.28. The largest absolute Gasteiger partial charge is 0.478 e. The Bertz CT molecular complexity index is 1160. The standard InChI is InChI=1S/C18H21N3O6S3/c1-19-29(24,25)14-3-2-4-15(12-14)30(26,27)20-13-5-6-17(16(11-13)18(22)23)21-7-9-28-10-8-21/h2-6,11-12,19-20H,7-10H2,1H3,(H,22,23). The van der Waals surface area contributed by atoms with Gasteiger partial charge in [0.2, 0.25) is 10.0 Å². The summed E-state index contributed by atoms with van der Waals surface area (Å²) >= 11 is 1.79. The number of carboxylic acids is 1. The summed E-state index contributed by atoms with van der Waals surface area (Å²) in [5.74, 6) is 0.616. The molecule has 12 heteroatoms. The lowest BCUT2D eigenvalue weighted by Gasteiger charge is -2.29. The molecule has 0 aliphatic carbocycles. The lowest BCUT2D eigenvalue weighted by atomic mass is 10.1. The monoisotopic (exact) mass is 471 g/mol. The topological polar surface area (TPSA) is 133 Å². The number of aromatic carboxylic acids is 1. The van der Waals surface area contributed by atoms with E-state index in [1.54, 1.807) is 17.8 Å². The lowest BCUT2D eigenvalue weighted by Crippen LogP contribution is -2.33. The molecule has 0 saturated carbocycles. The molecule has 3 rings (SSSR count). The van der Waals surface area contributed by atoms with E-state index in [0.29, 0.717) is 18.8 Å². The third kappa shape index (κ3) is 4.89. The van der Waals surface area contributed by atoms with E-state index in [1.807, 2.05) is 4.90 Å². The molecule has 2 aromatic rings. The fourth-order valence-corrected chi connectivity index (χ4v) is 5.84. The van der Waals surface area contributed by atoms with Crippen LogP contribution in [0.15, 0.2) is 52.3 Å². The van der Waals surface area contributed by atoms with Crippen molar-refractivity contribution in [3.63, 3.8) is 0 Å². The van der Waals surface area contributed by atoms with Gasteiger partial charge in [-0.25, -0.2) is 26.4 Å². The molecule has 0 radical (unpaired) electrons. The molecule has 9 nitrogen and oxygen atoms in total. The third-order valence-electron chi connectivity index (χ3n) is 4.53. The minimum absolute atomic E-state index is 0.00592. The molecule has 0 aromatic heterocycles. The minimum Gasteiger partial charge on any atom is -0.478 e. The van der Waals surface area contributed by atoms with Gasteiger partial charge in [-0.1, -0.05) is 6.07 Å². The number of thioether (sulfide) groups is 1. The van der Waals surface area contributed by atoms with E-state index in [0.717, 1.165) is 17.6 Å². The normalized spacial score (nSPS) is 15.0. The summed E-state index contributed by atoms with van der Waals surface area (Å²) in [4.78, 5) is 13.3. The van der Waals surface area contributed by atoms with Gasteiger partial charge in [0.15, 0.2) is 0 Å². The maximum absolute atomic E-state index is 12.7. The molecule has 1 fully saturated rings. The zero-order valence-corrected chi connectivity index (χ0v) is 18.5. The Morgan fingerprint density at radius 3 is 2.23 bits per heavy atom. The Balaban J connectivity index is 1.93. The van der Waals surface area contributed by atoms with Crippen LogP contribution in [0.25, 0.3) is 0 Å². The van der Waals surface area contributed by atoms with Gasteiger partial charge in [-0.3, -0.25) is 4.72 Å². The van der Waals surface area contributed by atoms with Crippen LogP contribution in [0.3, 0.4) is 0 Å². The Hall–Kier alpha value is -2.28. The summed E-state index contributed by atoms with van der Waals surface area (Å²) in [5.41, 5.74) is 0.603. The molecule has 3 N–H and O–H groups in total. The number of sulfonamides is 2. The van der Waals surface area contributed by atoms with Crippen LogP contribution in [0.5, 0.6) is 0 Å². The van der Waals surface area contributed by atoms with Crippen LogP contribution in [0, 0.1) is 0 Å². The zero-order valence-electron chi connectivity index (χ0n) is 16.0. The van der Waals surface area contributed by atoms with E-state index < -0.39 is 26.0 Å². The second-order valence-corrected chi connectivity index (χ2v) is 11.2. The molecule has 0 amide bonds. The molecule has 162 valence electrons. The van der Waals surface area contributed by atoms with Crippen molar-refractivity contribution < 1.29 is 26.7 Å². The van der Waals surface area contributed by atoms with Crippen LogP contribution in [0.4, 0.5) is 11.4 Å². The molecule has 30 heavy (non-hydrogen) atoms. The Morgan fingerprint density at radius 1 is 1.00 bits per heavy atom. The van der Waals surface area contributed by atoms with Gasteiger partial charge in [0.25, 0.3) is 10.0 Å². The van der Waals surface area contributed by atoms with Crippen molar-refractivity contribution in [3.8, 4) is 0 Å². The first kappa shape index (κ1) is 22.4. The van der Waals surface area contributed by atoms with Crippen molar-refractivity contribution in [2.24, 2.45) is 0 Å². The van der Waals surface area contributed by atoms with Gasteiger partial charge in [0.1, 0.15) is 0 Å². The average molecular weight is 472 g/mol. The number of anilines is 2. The smallest absolute Gasteiger partial charge is 0.337 e. The van der Waals surface area contributed by atoms with Crippen LogP contribution in [0.1, 0.15) is 10.4 Å². The molecule has 0 atom stereocenters. The van der Waals surface area contributed by atoms with Crippen molar-refractivity contribution in [3.05, 3.63) is 48.0 Å². The summed E-state index contributed by atoms with van der Waals surface area (Å²) in [6.07, 6.45) is 0. The van der Waals surface area contributed by atoms with E-state index in [9.17, 15) is 26.7 Å². The molecule has 0 bridgehead atoms. The first-order valence-corrected chi connectivity index (χ1v) is 13.0. The molecule has 0 spiro atoms. The maximum Gasteiger partial charge on any atom is 0.337 e. The Kier molecular flexibility index (Phi) is 6.60. The van der Waals surface area contributed by atoms with Crippen LogP contribution in [0.2, 0.25) is 0 Å². The third-order valence-corrected chi connectivity index (χ3v) is 8.26. The number of carbonyl (C=O) groups is 1. The predicted molar refractivity (Wildman–Crippen MR) is 116 cm³/mol. The van der Waals surface area contributed by atoms with Crippen LogP contribution in [-0.4, -0.2) is 59.6 Å². The quantitative estimate of drug-likeness (QED) is 0.555. The summed E-state index contributed by atoms with van der Waals surface area (Å²) in [6.45, 7) is 1.42. The molecular weight excluding hydrogens is 450 g/mol. The number of nitrogens with zero attached hydrogens (tertiary/aromatic N) is 1. The SMILES string of the molecule is CNS(=O)(=O)c1cccc(S(=O)(=O)Nc2ccc(N3CCSCC3)c(C(=O)O)c2)c1. The zero-order chi connectivity index (χ0) is 21.9. The Morgan fingerprint density at radius 2 is 1.63 bits per heavy atom. The fourth-order valence-electron chi connectivity index (χ4n) is 2.99. The van der Waals surface area contributed by atoms with Crippen molar-refractivity contribution in [2.75, 3.05) is 41.3 Å². The molecule has 0 unspecified atom stereocenters. The van der Waals surface area contributed by atoms with Gasteiger partial charge >= 0.3 is 5.97 Å². The van der Waals surface area contributed by atoms with Crippen LogP contribution >= 0.6 is 11.8 Å². The first-order valence-electron chi connectivity index (χ1n) is 8.90. The van der Waals surface area contributed by atoms with Gasteiger partial charge in [-0.2, -0.15) is 11.8 Å². The molecule has 1 saturated heterocycles. The van der Waals surface area contributed by atoms with E-state index in [2.05, 4.69) is 9.44 Å². The summed E-state index contributed by atoms with van der Waals surface area (Å²) < 4.78 is 53.9. The van der Waals surface area contributed by atoms with Gasteiger partial charge in [0, 0.05) is 30.3 Å². The van der Waals surface area contributed by atoms with E-state index >= 15 is 0 Å².